The van der Waals surface area contributed by atoms with Crippen molar-refractivity contribution in [3.63, 3.8) is 0 Å². The summed E-state index contributed by atoms with van der Waals surface area (Å²) in [5.41, 5.74) is 3.23. The first kappa shape index (κ1) is 11.5. The monoisotopic (exact) mass is 203 g/mol. The van der Waals surface area contributed by atoms with Crippen LogP contribution >= 0.6 is 0 Å². The summed E-state index contributed by atoms with van der Waals surface area (Å²) in [6, 6.07) is 8.11. The molecule has 1 aromatic rings. The van der Waals surface area contributed by atoms with Crippen LogP contribution < -0.4 is 5.32 Å². The van der Waals surface area contributed by atoms with Gasteiger partial charge in [-0.1, -0.05) is 36.4 Å². The molecule has 1 N–H and O–H groups in total. The third kappa shape index (κ3) is 3.24. The van der Waals surface area contributed by atoms with E-state index >= 15 is 0 Å². The molecular weight excluding hydrogens is 186 g/mol. The molecule has 0 aliphatic heterocycles. The van der Waals surface area contributed by atoms with Gasteiger partial charge < -0.3 is 5.32 Å². The summed E-state index contributed by atoms with van der Waals surface area (Å²) in [5, 5.41) is 2.82. The summed E-state index contributed by atoms with van der Waals surface area (Å²) in [7, 11) is 0. The van der Waals surface area contributed by atoms with E-state index in [0.29, 0.717) is 0 Å². The lowest BCUT2D eigenvalue weighted by atomic mass is 10.0. The average Bonchev–Trinajstić information content (AvgIpc) is 2.17. The highest BCUT2D eigenvalue weighted by atomic mass is 16.1. The third-order valence-electron chi connectivity index (χ3n) is 2.36. The number of hydrogen-bond donors (Lipinski definition) is 1. The zero-order valence-corrected chi connectivity index (χ0v) is 9.50. The number of aryl methyl sites for hydroxylation is 1. The number of nitrogens with one attached hydrogen (secondary N) is 1. The number of rotatable bonds is 3. The van der Waals surface area contributed by atoms with Crippen LogP contribution in [0.1, 0.15) is 25.0 Å². The van der Waals surface area contributed by atoms with E-state index in [0.717, 1.165) is 11.1 Å². The van der Waals surface area contributed by atoms with Crippen LogP contribution in [0, 0.1) is 6.92 Å². The molecule has 2 heteroatoms. The molecule has 80 valence electrons. The Morgan fingerprint density at radius 1 is 1.33 bits per heavy atom. The molecule has 1 aromatic carbocycles. The first-order chi connectivity index (χ1) is 7.00. The molecule has 0 aromatic heterocycles. The van der Waals surface area contributed by atoms with E-state index in [-0.39, 0.29) is 11.9 Å². The molecular formula is C13H17NO. The number of benzene rings is 1. The summed E-state index contributed by atoms with van der Waals surface area (Å²) in [5.74, 6) is -0.0317. The molecule has 0 aliphatic carbocycles. The van der Waals surface area contributed by atoms with Crippen molar-refractivity contribution >= 4 is 11.5 Å². The lowest BCUT2D eigenvalue weighted by molar-refractivity contribution is -0.119. The summed E-state index contributed by atoms with van der Waals surface area (Å²) in [6.07, 6.45) is 0. The van der Waals surface area contributed by atoms with E-state index in [2.05, 4.69) is 11.9 Å². The first-order valence-electron chi connectivity index (χ1n) is 5.03. The van der Waals surface area contributed by atoms with Crippen LogP contribution in [0.25, 0.3) is 5.57 Å². The molecule has 0 heterocycles. The summed E-state index contributed by atoms with van der Waals surface area (Å²) < 4.78 is 0. The second-order valence-corrected chi connectivity index (χ2v) is 3.81. The Labute approximate surface area is 91.0 Å². The Morgan fingerprint density at radius 2 is 1.87 bits per heavy atom. The second kappa shape index (κ2) is 4.78. The van der Waals surface area contributed by atoms with Gasteiger partial charge in [-0.25, -0.2) is 0 Å². The molecule has 0 radical (unpaired) electrons. The average molecular weight is 203 g/mol. The molecule has 1 unspecified atom stereocenters. The highest BCUT2D eigenvalue weighted by molar-refractivity contribution is 5.77. The molecule has 0 saturated heterocycles. The van der Waals surface area contributed by atoms with Gasteiger partial charge in [-0.3, -0.25) is 4.79 Å². The fourth-order valence-corrected chi connectivity index (χ4v) is 1.41. The molecule has 0 aliphatic rings. The summed E-state index contributed by atoms with van der Waals surface area (Å²) in [6.45, 7) is 9.49. The molecule has 1 rings (SSSR count). The maximum absolute atomic E-state index is 10.9. The van der Waals surface area contributed by atoms with Gasteiger partial charge in [-0.2, -0.15) is 0 Å². The molecule has 1 amide bonds. The fourth-order valence-electron chi connectivity index (χ4n) is 1.41. The minimum absolute atomic E-state index is 0.0230. The van der Waals surface area contributed by atoms with Crippen LogP contribution in [-0.4, -0.2) is 11.9 Å². The number of carbonyl (C=O) groups is 1. The van der Waals surface area contributed by atoms with Gasteiger partial charge in [0.2, 0.25) is 5.91 Å². The normalized spacial score (nSPS) is 11.9. The molecule has 0 fully saturated rings. The van der Waals surface area contributed by atoms with Crippen LogP contribution in [0.15, 0.2) is 30.8 Å². The number of amides is 1. The van der Waals surface area contributed by atoms with Crippen LogP contribution in [0.2, 0.25) is 0 Å². The van der Waals surface area contributed by atoms with E-state index in [1.165, 1.54) is 12.5 Å². The van der Waals surface area contributed by atoms with E-state index in [1.54, 1.807) is 0 Å². The molecule has 1 atom stereocenters. The van der Waals surface area contributed by atoms with Gasteiger partial charge in [0.05, 0.1) is 6.04 Å². The van der Waals surface area contributed by atoms with Crippen molar-refractivity contribution in [2.45, 2.75) is 26.8 Å². The second-order valence-electron chi connectivity index (χ2n) is 3.81. The van der Waals surface area contributed by atoms with Gasteiger partial charge in [-0.05, 0) is 25.0 Å². The molecule has 2 nitrogen and oxygen atoms in total. The molecule has 0 bridgehead atoms. The van der Waals surface area contributed by atoms with E-state index in [9.17, 15) is 4.79 Å². The molecule has 0 saturated carbocycles. The van der Waals surface area contributed by atoms with Gasteiger partial charge in [0.1, 0.15) is 0 Å². The molecule has 15 heavy (non-hydrogen) atoms. The highest BCUT2D eigenvalue weighted by Gasteiger charge is 2.08. The largest absolute Gasteiger partial charge is 0.350 e. The first-order valence-corrected chi connectivity index (χ1v) is 5.03. The van der Waals surface area contributed by atoms with Crippen molar-refractivity contribution in [1.82, 2.24) is 5.32 Å². The van der Waals surface area contributed by atoms with E-state index < -0.39 is 0 Å². The Kier molecular flexibility index (Phi) is 3.67. The van der Waals surface area contributed by atoms with E-state index in [1.807, 2.05) is 38.1 Å². The minimum atomic E-state index is -0.0317. The summed E-state index contributed by atoms with van der Waals surface area (Å²) >= 11 is 0. The van der Waals surface area contributed by atoms with Crippen molar-refractivity contribution in [1.29, 1.82) is 0 Å². The van der Waals surface area contributed by atoms with Crippen molar-refractivity contribution in [2.75, 3.05) is 0 Å². The van der Waals surface area contributed by atoms with Gasteiger partial charge in [0.25, 0.3) is 0 Å². The van der Waals surface area contributed by atoms with Crippen LogP contribution in [0.3, 0.4) is 0 Å². The number of carbonyl (C=O) groups excluding carboxylic acids is 1. The zero-order valence-electron chi connectivity index (χ0n) is 9.50. The lowest BCUT2D eigenvalue weighted by Crippen LogP contribution is -2.31. The maximum Gasteiger partial charge on any atom is 0.217 e. The topological polar surface area (TPSA) is 29.1 Å². The minimum Gasteiger partial charge on any atom is -0.350 e. The Balaban J connectivity index is 2.76. The SMILES string of the molecule is C=C(c1ccc(C)cc1)C(C)NC(C)=O. The summed E-state index contributed by atoms with van der Waals surface area (Å²) in [4.78, 5) is 10.9. The Morgan fingerprint density at radius 3 is 2.33 bits per heavy atom. The Hall–Kier alpha value is -1.57. The zero-order chi connectivity index (χ0) is 11.4. The standard InChI is InChI=1S/C13H17NO/c1-9-5-7-13(8-6-9)10(2)11(3)14-12(4)15/h5-8,11H,2H2,1,3-4H3,(H,14,15). The van der Waals surface area contributed by atoms with Gasteiger partial charge in [-0.15, -0.1) is 0 Å². The van der Waals surface area contributed by atoms with Crippen molar-refractivity contribution in [3.8, 4) is 0 Å². The lowest BCUT2D eigenvalue weighted by Gasteiger charge is -2.15. The maximum atomic E-state index is 10.9. The quantitative estimate of drug-likeness (QED) is 0.803. The predicted octanol–water partition coefficient (Wildman–Crippen LogP) is 2.53. The van der Waals surface area contributed by atoms with Gasteiger partial charge in [0, 0.05) is 6.92 Å². The predicted molar refractivity (Wildman–Crippen MR) is 63.5 cm³/mol. The van der Waals surface area contributed by atoms with Crippen LogP contribution in [0.4, 0.5) is 0 Å². The van der Waals surface area contributed by atoms with Crippen LogP contribution in [-0.2, 0) is 4.79 Å². The van der Waals surface area contributed by atoms with E-state index in [4.69, 9.17) is 0 Å². The van der Waals surface area contributed by atoms with Gasteiger partial charge >= 0.3 is 0 Å². The smallest absolute Gasteiger partial charge is 0.217 e. The third-order valence-corrected chi connectivity index (χ3v) is 2.36. The fraction of sp³-hybridized carbons (Fsp3) is 0.308. The van der Waals surface area contributed by atoms with Crippen molar-refractivity contribution < 1.29 is 4.79 Å². The van der Waals surface area contributed by atoms with Crippen molar-refractivity contribution in [3.05, 3.63) is 42.0 Å². The van der Waals surface area contributed by atoms with Crippen LogP contribution in [0.5, 0.6) is 0 Å². The van der Waals surface area contributed by atoms with Crippen molar-refractivity contribution in [2.24, 2.45) is 0 Å². The molecule has 0 spiro atoms. The van der Waals surface area contributed by atoms with Gasteiger partial charge in [0.15, 0.2) is 0 Å². The Bertz CT molecular complexity index is 365. The number of hydrogen-bond acceptors (Lipinski definition) is 1. The highest BCUT2D eigenvalue weighted by Crippen LogP contribution is 2.16.